The van der Waals surface area contributed by atoms with Crippen molar-refractivity contribution in [1.82, 2.24) is 4.72 Å². The van der Waals surface area contributed by atoms with Gasteiger partial charge in [0, 0.05) is 22.8 Å². The number of amides is 1. The normalized spacial score (nSPS) is 11.3. The molecule has 0 radical (unpaired) electrons. The van der Waals surface area contributed by atoms with Crippen molar-refractivity contribution in [2.45, 2.75) is 18.4 Å². The lowest BCUT2D eigenvalue weighted by molar-refractivity contribution is 0.102. The Kier molecular flexibility index (Phi) is 6.32. The van der Waals surface area contributed by atoms with Crippen molar-refractivity contribution in [3.63, 3.8) is 0 Å². The van der Waals surface area contributed by atoms with E-state index in [1.165, 1.54) is 6.07 Å². The summed E-state index contributed by atoms with van der Waals surface area (Å²) < 4.78 is 41.7. The minimum atomic E-state index is -4.21. The topological polar surface area (TPSA) is 75.3 Å². The van der Waals surface area contributed by atoms with E-state index in [4.69, 9.17) is 11.6 Å². The molecule has 0 aliphatic rings. The molecule has 0 heterocycles. The molecule has 1 amide bonds. The van der Waals surface area contributed by atoms with Crippen LogP contribution in [0.4, 0.5) is 10.1 Å². The Bertz CT molecular complexity index is 1170. The predicted octanol–water partition coefficient (Wildman–Crippen LogP) is 4.52. The number of carbonyl (C=O) groups is 1. The Morgan fingerprint density at radius 3 is 2.52 bits per heavy atom. The fourth-order valence-corrected chi connectivity index (χ4v) is 3.98. The highest BCUT2D eigenvalue weighted by Crippen LogP contribution is 2.20. The van der Waals surface area contributed by atoms with Gasteiger partial charge in [-0.3, -0.25) is 4.79 Å². The maximum atomic E-state index is 14.2. The summed E-state index contributed by atoms with van der Waals surface area (Å²) >= 11 is 6.02. The Balaban J connectivity index is 1.82. The van der Waals surface area contributed by atoms with E-state index in [-0.39, 0.29) is 12.1 Å². The van der Waals surface area contributed by atoms with Crippen LogP contribution >= 0.6 is 11.6 Å². The largest absolute Gasteiger partial charge is 0.322 e. The number of hydrogen-bond donors (Lipinski definition) is 2. The summed E-state index contributed by atoms with van der Waals surface area (Å²) in [7, 11) is -4.21. The van der Waals surface area contributed by atoms with Gasteiger partial charge in [-0.15, -0.1) is 0 Å². The van der Waals surface area contributed by atoms with Crippen LogP contribution in [0.5, 0.6) is 0 Å². The number of halogens is 2. The third-order valence-corrected chi connectivity index (χ3v) is 5.95. The van der Waals surface area contributed by atoms with Crippen molar-refractivity contribution in [3.05, 3.63) is 94.3 Å². The molecule has 8 heteroatoms. The standard InChI is InChI=1S/C21H18ClFN2O3S/c1-14-5-4-7-17(11-14)25-21(26)15-9-10-19(23)20(12-15)29(27,28)24-13-16-6-2-3-8-18(16)22/h2-12,24H,13H2,1H3,(H,25,26). The van der Waals surface area contributed by atoms with Crippen LogP contribution in [0.15, 0.2) is 71.6 Å². The summed E-state index contributed by atoms with van der Waals surface area (Å²) in [6.07, 6.45) is 0. The molecule has 0 aliphatic heterocycles. The first-order valence-corrected chi connectivity index (χ1v) is 10.5. The molecule has 0 unspecified atom stereocenters. The molecule has 5 nitrogen and oxygen atoms in total. The van der Waals surface area contributed by atoms with Crippen molar-refractivity contribution in [2.75, 3.05) is 5.32 Å². The summed E-state index contributed by atoms with van der Waals surface area (Å²) in [5.74, 6) is -1.50. The van der Waals surface area contributed by atoms with Crippen LogP contribution in [0.1, 0.15) is 21.5 Å². The second-order valence-electron chi connectivity index (χ2n) is 6.38. The van der Waals surface area contributed by atoms with Crippen LogP contribution in [-0.2, 0) is 16.6 Å². The molecule has 3 aromatic carbocycles. The predicted molar refractivity (Wildman–Crippen MR) is 111 cm³/mol. The SMILES string of the molecule is Cc1cccc(NC(=O)c2ccc(F)c(S(=O)(=O)NCc3ccccc3Cl)c2)c1. The van der Waals surface area contributed by atoms with Gasteiger partial charge in [0.1, 0.15) is 10.7 Å². The van der Waals surface area contributed by atoms with Gasteiger partial charge in [-0.2, -0.15) is 0 Å². The Labute approximate surface area is 173 Å². The minimum absolute atomic E-state index is 0.0195. The van der Waals surface area contributed by atoms with Gasteiger partial charge in [0.15, 0.2) is 0 Å². The number of nitrogens with one attached hydrogen (secondary N) is 2. The summed E-state index contributed by atoms with van der Waals surface area (Å²) in [6.45, 7) is 1.77. The lowest BCUT2D eigenvalue weighted by Gasteiger charge is -2.11. The van der Waals surface area contributed by atoms with E-state index < -0.39 is 26.6 Å². The zero-order valence-electron chi connectivity index (χ0n) is 15.4. The van der Waals surface area contributed by atoms with Crippen molar-refractivity contribution in [3.8, 4) is 0 Å². The molecule has 0 fully saturated rings. The third kappa shape index (κ3) is 5.20. The van der Waals surface area contributed by atoms with Gasteiger partial charge >= 0.3 is 0 Å². The number of carbonyl (C=O) groups excluding carboxylic acids is 1. The summed E-state index contributed by atoms with van der Waals surface area (Å²) in [5.41, 5.74) is 2.08. The van der Waals surface area contributed by atoms with Gasteiger partial charge in [0.25, 0.3) is 5.91 Å². The van der Waals surface area contributed by atoms with Gasteiger partial charge in [-0.05, 0) is 54.4 Å². The second kappa shape index (κ2) is 8.73. The fourth-order valence-electron chi connectivity index (χ4n) is 2.67. The molecule has 0 aromatic heterocycles. The molecule has 29 heavy (non-hydrogen) atoms. The third-order valence-electron chi connectivity index (χ3n) is 4.17. The molecular formula is C21H18ClFN2O3S. The quantitative estimate of drug-likeness (QED) is 0.601. The van der Waals surface area contributed by atoms with Crippen LogP contribution in [0.25, 0.3) is 0 Å². The number of sulfonamides is 1. The number of hydrogen-bond acceptors (Lipinski definition) is 3. The molecule has 0 atom stereocenters. The smallest absolute Gasteiger partial charge is 0.255 e. The van der Waals surface area contributed by atoms with Gasteiger partial charge in [0.2, 0.25) is 10.0 Å². The lowest BCUT2D eigenvalue weighted by atomic mass is 10.2. The zero-order valence-corrected chi connectivity index (χ0v) is 17.0. The highest BCUT2D eigenvalue weighted by Gasteiger charge is 2.21. The van der Waals surface area contributed by atoms with Gasteiger partial charge < -0.3 is 5.32 Å². The first kappa shape index (κ1) is 21.0. The van der Waals surface area contributed by atoms with Crippen LogP contribution in [-0.4, -0.2) is 14.3 Å². The molecule has 150 valence electrons. The maximum Gasteiger partial charge on any atom is 0.255 e. The average Bonchev–Trinajstić information content (AvgIpc) is 2.67. The van der Waals surface area contributed by atoms with Gasteiger partial charge in [-0.1, -0.05) is 41.9 Å². The Hall–Kier alpha value is -2.74. The highest BCUT2D eigenvalue weighted by molar-refractivity contribution is 7.89. The van der Waals surface area contributed by atoms with Gasteiger partial charge in [-0.25, -0.2) is 17.5 Å². The van der Waals surface area contributed by atoms with E-state index in [1.807, 2.05) is 13.0 Å². The van der Waals surface area contributed by atoms with E-state index in [9.17, 15) is 17.6 Å². The molecule has 3 rings (SSSR count). The molecule has 0 saturated heterocycles. The van der Waals surface area contributed by atoms with E-state index in [2.05, 4.69) is 10.0 Å². The molecule has 2 N–H and O–H groups in total. The van der Waals surface area contributed by atoms with Crippen LogP contribution < -0.4 is 10.0 Å². The van der Waals surface area contributed by atoms with Crippen molar-refractivity contribution in [2.24, 2.45) is 0 Å². The molecule has 0 spiro atoms. The number of aryl methyl sites for hydroxylation is 1. The summed E-state index contributed by atoms with van der Waals surface area (Å²) in [5, 5.41) is 3.06. The first-order valence-electron chi connectivity index (χ1n) is 8.67. The zero-order chi connectivity index (χ0) is 21.0. The molecule has 3 aromatic rings. The van der Waals surface area contributed by atoms with Crippen LogP contribution in [0.3, 0.4) is 0 Å². The van der Waals surface area contributed by atoms with Crippen molar-refractivity contribution < 1.29 is 17.6 Å². The van der Waals surface area contributed by atoms with E-state index >= 15 is 0 Å². The number of anilines is 1. The Morgan fingerprint density at radius 1 is 1.03 bits per heavy atom. The first-order chi connectivity index (χ1) is 13.8. The van der Waals surface area contributed by atoms with Crippen LogP contribution in [0.2, 0.25) is 5.02 Å². The van der Waals surface area contributed by atoms with E-state index in [0.29, 0.717) is 16.3 Å². The van der Waals surface area contributed by atoms with Crippen LogP contribution in [0, 0.1) is 12.7 Å². The number of rotatable bonds is 6. The highest BCUT2D eigenvalue weighted by atomic mass is 35.5. The fraction of sp³-hybridized carbons (Fsp3) is 0.0952. The molecule has 0 saturated carbocycles. The van der Waals surface area contributed by atoms with Crippen molar-refractivity contribution in [1.29, 1.82) is 0 Å². The number of benzene rings is 3. The molecule has 0 bridgehead atoms. The lowest BCUT2D eigenvalue weighted by Crippen LogP contribution is -2.25. The van der Waals surface area contributed by atoms with E-state index in [0.717, 1.165) is 17.7 Å². The summed E-state index contributed by atoms with van der Waals surface area (Å²) in [4.78, 5) is 11.9. The average molecular weight is 433 g/mol. The van der Waals surface area contributed by atoms with E-state index in [1.54, 1.807) is 42.5 Å². The molecular weight excluding hydrogens is 415 g/mol. The minimum Gasteiger partial charge on any atom is -0.322 e. The second-order valence-corrected chi connectivity index (χ2v) is 8.53. The molecule has 0 aliphatic carbocycles. The van der Waals surface area contributed by atoms with Gasteiger partial charge in [0.05, 0.1) is 0 Å². The summed E-state index contributed by atoms with van der Waals surface area (Å²) in [6, 6.07) is 17.0. The maximum absolute atomic E-state index is 14.2. The monoisotopic (exact) mass is 432 g/mol. The Morgan fingerprint density at radius 2 is 1.79 bits per heavy atom. The van der Waals surface area contributed by atoms with Crippen molar-refractivity contribution >= 4 is 33.2 Å².